The van der Waals surface area contributed by atoms with Gasteiger partial charge in [-0.2, -0.15) is 0 Å². The predicted octanol–water partition coefficient (Wildman–Crippen LogP) is 5.81. The van der Waals surface area contributed by atoms with Gasteiger partial charge in [-0.3, -0.25) is 14.6 Å². The van der Waals surface area contributed by atoms with Crippen LogP contribution in [0.1, 0.15) is 70.0 Å². The number of amides is 2. The summed E-state index contributed by atoms with van der Waals surface area (Å²) in [5.41, 5.74) is 3.60. The van der Waals surface area contributed by atoms with Crippen molar-refractivity contribution in [3.8, 4) is 0 Å². The van der Waals surface area contributed by atoms with E-state index in [1.165, 1.54) is 11.8 Å². The number of aryl methyl sites for hydroxylation is 1. The standard InChI is InChI=1S/C31H32ClFN4O2/c32-26-4-2-1-3-23(26)29(38)35-28-6-5-21-19-27(33)25(20-24(21)28)30(39)37-17-11-31(12-18-37)9-15-36(16-10-31)22-7-13-34-14-8-22/h1-4,7-8,13-14,19-20,28H,5-6,9-12,15-18H2,(H,35,38)/t28-/m1/s1. The minimum atomic E-state index is -0.484. The second-order valence-electron chi connectivity index (χ2n) is 11.1. The molecule has 3 heterocycles. The van der Waals surface area contributed by atoms with E-state index in [1.807, 2.05) is 12.4 Å². The first-order valence-corrected chi connectivity index (χ1v) is 14.1. The Bertz CT molecular complexity index is 1380. The first kappa shape index (κ1) is 25.8. The van der Waals surface area contributed by atoms with Gasteiger partial charge in [-0.05, 0) is 91.5 Å². The monoisotopic (exact) mass is 546 g/mol. The molecule has 2 fully saturated rings. The first-order valence-electron chi connectivity index (χ1n) is 13.7. The average molecular weight is 547 g/mol. The predicted molar refractivity (Wildman–Crippen MR) is 150 cm³/mol. The lowest BCUT2D eigenvalue weighted by Crippen LogP contribution is -2.48. The Hall–Kier alpha value is -3.45. The molecule has 2 aromatic carbocycles. The quantitative estimate of drug-likeness (QED) is 0.448. The molecule has 0 radical (unpaired) electrons. The van der Waals surface area contributed by atoms with Crippen LogP contribution in [0, 0.1) is 11.2 Å². The molecule has 0 bridgehead atoms. The third kappa shape index (κ3) is 5.12. The zero-order chi connectivity index (χ0) is 27.0. The van der Waals surface area contributed by atoms with Crippen LogP contribution in [-0.4, -0.2) is 47.9 Å². The van der Waals surface area contributed by atoms with Crippen molar-refractivity contribution in [2.45, 2.75) is 44.6 Å². The molecule has 39 heavy (non-hydrogen) atoms. The van der Waals surface area contributed by atoms with Crippen LogP contribution in [0.2, 0.25) is 5.02 Å². The molecular weight excluding hydrogens is 515 g/mol. The van der Waals surface area contributed by atoms with Crippen molar-refractivity contribution in [3.05, 3.63) is 94.0 Å². The molecule has 0 saturated carbocycles. The van der Waals surface area contributed by atoms with Crippen molar-refractivity contribution >= 4 is 29.1 Å². The largest absolute Gasteiger partial charge is 0.371 e. The maximum absolute atomic E-state index is 15.1. The Kier molecular flexibility index (Phi) is 7.02. The molecule has 3 aromatic rings. The Morgan fingerprint density at radius 3 is 2.36 bits per heavy atom. The molecule has 8 heteroatoms. The fourth-order valence-electron chi connectivity index (χ4n) is 6.47. The van der Waals surface area contributed by atoms with Gasteiger partial charge in [0.05, 0.1) is 22.2 Å². The minimum Gasteiger partial charge on any atom is -0.371 e. The van der Waals surface area contributed by atoms with Crippen molar-refractivity contribution in [2.75, 3.05) is 31.1 Å². The van der Waals surface area contributed by atoms with Crippen molar-refractivity contribution in [1.29, 1.82) is 0 Å². The van der Waals surface area contributed by atoms with Gasteiger partial charge in [0.1, 0.15) is 5.82 Å². The number of rotatable bonds is 4. The van der Waals surface area contributed by atoms with Crippen LogP contribution < -0.4 is 10.2 Å². The molecule has 2 saturated heterocycles. The summed E-state index contributed by atoms with van der Waals surface area (Å²) >= 11 is 6.20. The summed E-state index contributed by atoms with van der Waals surface area (Å²) in [6.45, 7) is 3.27. The molecule has 2 amide bonds. The number of aromatic nitrogens is 1. The van der Waals surface area contributed by atoms with Gasteiger partial charge in [0.25, 0.3) is 11.8 Å². The van der Waals surface area contributed by atoms with Gasteiger partial charge in [0, 0.05) is 44.3 Å². The summed E-state index contributed by atoms with van der Waals surface area (Å²) in [5.74, 6) is -1.02. The van der Waals surface area contributed by atoms with Crippen LogP contribution >= 0.6 is 11.6 Å². The number of likely N-dealkylation sites (tertiary alicyclic amines) is 1. The molecule has 6 nitrogen and oxygen atoms in total. The highest BCUT2D eigenvalue weighted by Gasteiger charge is 2.39. The van der Waals surface area contributed by atoms with E-state index in [1.54, 1.807) is 35.2 Å². The number of piperidine rings is 2. The zero-order valence-electron chi connectivity index (χ0n) is 21.8. The van der Waals surface area contributed by atoms with Crippen LogP contribution in [0.5, 0.6) is 0 Å². The highest BCUT2D eigenvalue weighted by molar-refractivity contribution is 6.33. The molecule has 1 atom stereocenters. The maximum atomic E-state index is 15.1. The number of anilines is 1. The van der Waals surface area contributed by atoms with Gasteiger partial charge in [-0.1, -0.05) is 23.7 Å². The molecule has 2 aliphatic heterocycles. The Labute approximate surface area is 233 Å². The highest BCUT2D eigenvalue weighted by atomic mass is 35.5. The maximum Gasteiger partial charge on any atom is 0.256 e. The minimum absolute atomic E-state index is 0.0936. The number of nitrogens with zero attached hydrogens (tertiary/aromatic N) is 3. The highest BCUT2D eigenvalue weighted by Crippen LogP contribution is 2.42. The van der Waals surface area contributed by atoms with Crippen LogP contribution in [0.4, 0.5) is 10.1 Å². The molecular formula is C31H32ClFN4O2. The summed E-state index contributed by atoms with van der Waals surface area (Å²) in [4.78, 5) is 34.7. The molecule has 202 valence electrons. The van der Waals surface area contributed by atoms with Crippen LogP contribution in [0.15, 0.2) is 60.9 Å². The number of hydrogen-bond acceptors (Lipinski definition) is 4. The van der Waals surface area contributed by atoms with E-state index in [0.29, 0.717) is 36.5 Å². The van der Waals surface area contributed by atoms with Gasteiger partial charge in [-0.25, -0.2) is 4.39 Å². The Balaban J connectivity index is 1.11. The molecule has 6 rings (SSSR count). The van der Waals surface area contributed by atoms with Gasteiger partial charge >= 0.3 is 0 Å². The number of benzene rings is 2. The van der Waals surface area contributed by atoms with Gasteiger partial charge in [-0.15, -0.1) is 0 Å². The summed E-state index contributed by atoms with van der Waals surface area (Å²) < 4.78 is 15.1. The van der Waals surface area contributed by atoms with Crippen LogP contribution in [-0.2, 0) is 6.42 Å². The summed E-state index contributed by atoms with van der Waals surface area (Å²) in [5, 5.41) is 3.42. The van der Waals surface area contributed by atoms with Gasteiger partial charge in [0.2, 0.25) is 0 Å². The van der Waals surface area contributed by atoms with Crippen molar-refractivity contribution in [2.24, 2.45) is 5.41 Å². The summed E-state index contributed by atoms with van der Waals surface area (Å²) in [7, 11) is 0. The third-order valence-electron chi connectivity index (χ3n) is 8.92. The van der Waals surface area contributed by atoms with E-state index in [2.05, 4.69) is 27.3 Å². The van der Waals surface area contributed by atoms with Gasteiger partial charge < -0.3 is 15.1 Å². The lowest BCUT2D eigenvalue weighted by Gasteiger charge is -2.47. The van der Waals surface area contributed by atoms with E-state index in [-0.39, 0.29) is 28.8 Å². The summed E-state index contributed by atoms with van der Waals surface area (Å²) in [6, 6.07) is 13.9. The second kappa shape index (κ2) is 10.6. The fraction of sp³-hybridized carbons (Fsp3) is 0.387. The third-order valence-corrected chi connectivity index (χ3v) is 9.25. The van der Waals surface area contributed by atoms with Crippen LogP contribution in [0.3, 0.4) is 0 Å². The van der Waals surface area contributed by atoms with Crippen LogP contribution in [0.25, 0.3) is 0 Å². The molecule has 1 N–H and O–H groups in total. The molecule has 1 aromatic heterocycles. The van der Waals surface area contributed by atoms with Crippen molar-refractivity contribution in [3.63, 3.8) is 0 Å². The molecule has 3 aliphatic rings. The molecule has 0 unspecified atom stereocenters. The van der Waals surface area contributed by atoms with Crippen molar-refractivity contribution in [1.82, 2.24) is 15.2 Å². The van der Waals surface area contributed by atoms with Crippen molar-refractivity contribution < 1.29 is 14.0 Å². The SMILES string of the molecule is O=C(N[C@@H]1CCc2cc(F)c(C(=O)N3CCC4(CC3)CCN(c3ccncc3)CC4)cc21)c1ccccc1Cl. The Morgan fingerprint density at radius 1 is 0.949 bits per heavy atom. The first-order chi connectivity index (χ1) is 18.9. The second-order valence-corrected chi connectivity index (χ2v) is 11.5. The molecule has 1 spiro atoms. The molecule has 1 aliphatic carbocycles. The lowest BCUT2D eigenvalue weighted by molar-refractivity contribution is 0.0511. The average Bonchev–Trinajstić information content (AvgIpc) is 3.34. The smallest absolute Gasteiger partial charge is 0.256 e. The Morgan fingerprint density at radius 2 is 1.64 bits per heavy atom. The lowest BCUT2D eigenvalue weighted by atomic mass is 9.71. The number of pyridine rings is 1. The topological polar surface area (TPSA) is 65.5 Å². The van der Waals surface area contributed by atoms with E-state index in [4.69, 9.17) is 11.6 Å². The van der Waals surface area contributed by atoms with E-state index < -0.39 is 5.82 Å². The van der Waals surface area contributed by atoms with E-state index >= 15 is 4.39 Å². The number of carbonyl (C=O) groups excluding carboxylic acids is 2. The van der Waals surface area contributed by atoms with E-state index in [0.717, 1.165) is 49.9 Å². The number of nitrogens with one attached hydrogen (secondary N) is 1. The number of halogens is 2. The van der Waals surface area contributed by atoms with Gasteiger partial charge in [0.15, 0.2) is 0 Å². The number of fused-ring (bicyclic) bond motifs is 1. The zero-order valence-corrected chi connectivity index (χ0v) is 22.6. The summed E-state index contributed by atoms with van der Waals surface area (Å²) in [6.07, 6.45) is 9.03. The normalized spacial score (nSPS) is 20.1. The fourth-order valence-corrected chi connectivity index (χ4v) is 6.69. The van der Waals surface area contributed by atoms with E-state index in [9.17, 15) is 9.59 Å². The number of carbonyl (C=O) groups is 2. The number of hydrogen-bond donors (Lipinski definition) is 1.